The van der Waals surface area contributed by atoms with Crippen LogP contribution in [0.4, 0.5) is 18.9 Å². The van der Waals surface area contributed by atoms with Crippen molar-refractivity contribution < 1.29 is 38.2 Å². The highest BCUT2D eigenvalue weighted by Gasteiger charge is 2.36. The lowest BCUT2D eigenvalue weighted by Gasteiger charge is -2.20. The van der Waals surface area contributed by atoms with Crippen molar-refractivity contribution in [1.29, 1.82) is 0 Å². The molecule has 10 heteroatoms. The Morgan fingerprint density at radius 1 is 0.829 bits per heavy atom. The summed E-state index contributed by atoms with van der Waals surface area (Å²) in [5.41, 5.74) is 1.64. The molecule has 0 bridgehead atoms. The fourth-order valence-electron chi connectivity index (χ4n) is 4.68. The maximum Gasteiger partial charge on any atom is 0.420 e. The molecular formula is C31H28F3NO6. The minimum atomic E-state index is -4.88. The number of aromatic hydroxyl groups is 3. The van der Waals surface area contributed by atoms with Crippen molar-refractivity contribution in [3.8, 4) is 28.7 Å². The van der Waals surface area contributed by atoms with Gasteiger partial charge in [0.1, 0.15) is 17.1 Å². The molecule has 0 saturated heterocycles. The summed E-state index contributed by atoms with van der Waals surface area (Å²) >= 11 is 0. The van der Waals surface area contributed by atoms with Gasteiger partial charge in [-0.1, -0.05) is 50.2 Å². The summed E-state index contributed by atoms with van der Waals surface area (Å²) < 4.78 is 46.8. The van der Waals surface area contributed by atoms with Crippen LogP contribution in [0.5, 0.6) is 28.7 Å². The molecule has 0 aliphatic carbocycles. The number of alkyl halides is 3. The number of hydrogen-bond acceptors (Lipinski definition) is 6. The van der Waals surface area contributed by atoms with E-state index in [0.717, 1.165) is 28.8 Å². The molecule has 3 N–H and O–H groups in total. The number of rotatable bonds is 8. The van der Waals surface area contributed by atoms with E-state index in [1.807, 2.05) is 44.2 Å². The number of phenols is 3. The average molecular weight is 568 g/mol. The number of non-ortho nitro benzene ring substituents is 1. The lowest BCUT2D eigenvalue weighted by Crippen LogP contribution is -2.08. The monoisotopic (exact) mass is 567 g/mol. The maximum absolute atomic E-state index is 13.7. The van der Waals surface area contributed by atoms with Gasteiger partial charge in [0.2, 0.25) is 5.75 Å². The highest BCUT2D eigenvalue weighted by atomic mass is 19.4. The Morgan fingerprint density at radius 3 is 2.05 bits per heavy atom. The largest absolute Gasteiger partial charge is 0.504 e. The third kappa shape index (κ3) is 6.37. The van der Waals surface area contributed by atoms with Gasteiger partial charge in [-0.15, -0.1) is 0 Å². The zero-order chi connectivity index (χ0) is 30.1. The summed E-state index contributed by atoms with van der Waals surface area (Å²) in [5, 5.41) is 42.6. The number of halogens is 3. The van der Waals surface area contributed by atoms with Crippen LogP contribution >= 0.6 is 0 Å². The number of nitro benzene ring substituents is 1. The average Bonchev–Trinajstić information content (AvgIpc) is 2.91. The molecule has 0 radical (unpaired) electrons. The van der Waals surface area contributed by atoms with Gasteiger partial charge in [-0.25, -0.2) is 0 Å². The minimum absolute atomic E-state index is 0.108. The molecule has 0 aliphatic heterocycles. The standard InChI is InChI=1S/C31H28F3NO6/c1-17(2)24-16-27(41-26-10-9-23(35(39)40)15-25(26)31(32,33)34)18(3)11-20(24)13-22-14-21(28(36)30(38)29(22)37)12-19-7-5-4-6-8-19/h4-11,14-17,36-38H,12-13H2,1-3H3. The van der Waals surface area contributed by atoms with Crippen LogP contribution in [0.15, 0.2) is 66.7 Å². The van der Waals surface area contributed by atoms with Crippen LogP contribution < -0.4 is 4.74 Å². The quantitative estimate of drug-likeness (QED) is 0.113. The Kier molecular flexibility index (Phi) is 8.14. The third-order valence-electron chi connectivity index (χ3n) is 6.78. The summed E-state index contributed by atoms with van der Waals surface area (Å²) in [6.07, 6.45) is -4.42. The van der Waals surface area contributed by atoms with Crippen LogP contribution in [0, 0.1) is 17.0 Å². The summed E-state index contributed by atoms with van der Waals surface area (Å²) in [6, 6.07) is 16.6. The van der Waals surface area contributed by atoms with Gasteiger partial charge in [-0.3, -0.25) is 10.1 Å². The first-order valence-corrected chi connectivity index (χ1v) is 12.7. The van der Waals surface area contributed by atoms with Crippen LogP contribution in [-0.4, -0.2) is 20.2 Å². The molecule has 41 heavy (non-hydrogen) atoms. The first kappa shape index (κ1) is 29.3. The van der Waals surface area contributed by atoms with Gasteiger partial charge in [-0.2, -0.15) is 13.2 Å². The number of benzene rings is 4. The van der Waals surface area contributed by atoms with Gasteiger partial charge in [-0.05, 0) is 53.3 Å². The Balaban J connectivity index is 1.73. The van der Waals surface area contributed by atoms with E-state index >= 15 is 0 Å². The highest BCUT2D eigenvalue weighted by Crippen LogP contribution is 2.44. The third-order valence-corrected chi connectivity index (χ3v) is 6.78. The van der Waals surface area contributed by atoms with Crippen molar-refractivity contribution in [2.75, 3.05) is 0 Å². The predicted octanol–water partition coefficient (Wildman–Crippen LogP) is 8.14. The first-order valence-electron chi connectivity index (χ1n) is 12.7. The van der Waals surface area contributed by atoms with E-state index in [1.165, 1.54) is 0 Å². The number of hydrogen-bond donors (Lipinski definition) is 3. The van der Waals surface area contributed by atoms with Crippen molar-refractivity contribution in [2.24, 2.45) is 0 Å². The van der Waals surface area contributed by atoms with Crippen molar-refractivity contribution in [3.63, 3.8) is 0 Å². The molecule has 0 aliphatic rings. The fraction of sp³-hybridized carbons (Fsp3) is 0.226. The van der Waals surface area contributed by atoms with Crippen molar-refractivity contribution >= 4 is 5.69 Å². The fourth-order valence-corrected chi connectivity index (χ4v) is 4.68. The molecule has 0 fully saturated rings. The van der Waals surface area contributed by atoms with Gasteiger partial charge in [0.05, 0.1) is 4.92 Å². The van der Waals surface area contributed by atoms with Crippen molar-refractivity contribution in [3.05, 3.63) is 116 Å². The molecule has 0 unspecified atom stereocenters. The SMILES string of the molecule is Cc1cc(Cc2cc(Cc3ccccc3)c(O)c(O)c2O)c(C(C)C)cc1Oc1ccc([N+](=O)[O-])cc1C(F)(F)F. The zero-order valence-electron chi connectivity index (χ0n) is 22.5. The number of ether oxygens (including phenoxy) is 1. The summed E-state index contributed by atoms with van der Waals surface area (Å²) in [4.78, 5) is 10.1. The number of phenolic OH excluding ortho intramolecular Hbond substituents is 3. The van der Waals surface area contributed by atoms with E-state index in [0.29, 0.717) is 29.2 Å². The van der Waals surface area contributed by atoms with E-state index in [-0.39, 0.29) is 18.1 Å². The molecule has 4 aromatic rings. The van der Waals surface area contributed by atoms with E-state index in [2.05, 4.69) is 0 Å². The molecule has 4 rings (SSSR count). The topological polar surface area (TPSA) is 113 Å². The Hall–Kier alpha value is -4.73. The molecule has 0 spiro atoms. The van der Waals surface area contributed by atoms with Crippen LogP contribution in [0.1, 0.15) is 58.7 Å². The maximum atomic E-state index is 13.7. The number of nitro groups is 1. The van der Waals surface area contributed by atoms with Gasteiger partial charge >= 0.3 is 6.18 Å². The van der Waals surface area contributed by atoms with Gasteiger partial charge < -0.3 is 20.1 Å². The summed E-state index contributed by atoms with van der Waals surface area (Å²) in [5.74, 6) is -2.05. The van der Waals surface area contributed by atoms with Crippen molar-refractivity contribution in [1.82, 2.24) is 0 Å². The second kappa shape index (κ2) is 11.4. The highest BCUT2D eigenvalue weighted by molar-refractivity contribution is 5.60. The van der Waals surface area contributed by atoms with Gasteiger partial charge in [0.25, 0.3) is 5.69 Å². The lowest BCUT2D eigenvalue weighted by atomic mass is 9.89. The Bertz CT molecular complexity index is 1600. The molecular weight excluding hydrogens is 539 g/mol. The van der Waals surface area contributed by atoms with Crippen LogP contribution in [-0.2, 0) is 19.0 Å². The summed E-state index contributed by atoms with van der Waals surface area (Å²) in [6.45, 7) is 5.43. The normalized spacial score (nSPS) is 11.6. The minimum Gasteiger partial charge on any atom is -0.504 e. The molecule has 0 atom stereocenters. The summed E-state index contributed by atoms with van der Waals surface area (Å²) in [7, 11) is 0. The molecule has 7 nitrogen and oxygen atoms in total. The predicted molar refractivity (Wildman–Crippen MR) is 147 cm³/mol. The smallest absolute Gasteiger partial charge is 0.420 e. The van der Waals surface area contributed by atoms with Crippen LogP contribution in [0.25, 0.3) is 0 Å². The number of aryl methyl sites for hydroxylation is 1. The van der Waals surface area contributed by atoms with E-state index in [1.54, 1.807) is 25.1 Å². The molecule has 4 aromatic carbocycles. The second-order valence-electron chi connectivity index (χ2n) is 10.1. The van der Waals surface area contributed by atoms with E-state index in [4.69, 9.17) is 4.74 Å². The molecule has 0 aromatic heterocycles. The van der Waals surface area contributed by atoms with Crippen molar-refractivity contribution in [2.45, 2.75) is 45.7 Å². The zero-order valence-corrected chi connectivity index (χ0v) is 22.5. The molecule has 0 heterocycles. The second-order valence-corrected chi connectivity index (χ2v) is 10.1. The van der Waals surface area contributed by atoms with E-state index < -0.39 is 45.3 Å². The lowest BCUT2D eigenvalue weighted by molar-refractivity contribution is -0.385. The number of nitrogens with zero attached hydrogens (tertiary/aromatic N) is 1. The molecule has 0 amide bonds. The van der Waals surface area contributed by atoms with Gasteiger partial charge in [0, 0.05) is 36.1 Å². The first-order chi connectivity index (χ1) is 19.3. The van der Waals surface area contributed by atoms with Gasteiger partial charge in [0.15, 0.2) is 11.5 Å². The molecule has 0 saturated carbocycles. The van der Waals surface area contributed by atoms with E-state index in [9.17, 15) is 38.6 Å². The van der Waals surface area contributed by atoms with Crippen LogP contribution in [0.2, 0.25) is 0 Å². The molecule has 214 valence electrons. The Morgan fingerprint density at radius 2 is 1.46 bits per heavy atom. The Labute approximate surface area is 234 Å². The van der Waals surface area contributed by atoms with Crippen LogP contribution in [0.3, 0.4) is 0 Å².